The summed E-state index contributed by atoms with van der Waals surface area (Å²) in [5.41, 5.74) is 4.03. The number of hydrogen-bond donors (Lipinski definition) is 2. The topological polar surface area (TPSA) is 106 Å². The summed E-state index contributed by atoms with van der Waals surface area (Å²) < 4.78 is 84.7. The minimum Gasteiger partial charge on any atom is -0.326 e. The number of nitrogens with one attached hydrogen (secondary N) is 1. The third kappa shape index (κ3) is 5.52. The van der Waals surface area contributed by atoms with E-state index >= 15 is 0 Å². The summed E-state index contributed by atoms with van der Waals surface area (Å²) >= 11 is 0. The van der Waals surface area contributed by atoms with E-state index in [0.29, 0.717) is 12.1 Å². The summed E-state index contributed by atoms with van der Waals surface area (Å²) in [4.78, 5) is 0. The highest BCUT2D eigenvalue weighted by Crippen LogP contribution is 2.32. The first kappa shape index (κ1) is 17.7. The van der Waals surface area contributed by atoms with Crippen LogP contribution in [-0.2, 0) is 32.6 Å². The van der Waals surface area contributed by atoms with Crippen LogP contribution in [0, 0.1) is 0 Å². The SMILES string of the molecule is CS(=O)(=O)CS(=O)(=O)Nc1ccc(C(F)(F)F)cc1CN. The minimum atomic E-state index is -4.59. The van der Waals surface area contributed by atoms with E-state index in [0.717, 1.165) is 12.3 Å². The number of alkyl halides is 3. The van der Waals surface area contributed by atoms with Crippen molar-refractivity contribution in [2.75, 3.05) is 16.1 Å². The lowest BCUT2D eigenvalue weighted by Gasteiger charge is -2.14. The van der Waals surface area contributed by atoms with Crippen molar-refractivity contribution in [1.29, 1.82) is 0 Å². The number of sulfonamides is 1. The standard InChI is InChI=1S/C10H13F3N2O4S2/c1-20(16,17)6-21(18,19)15-9-3-2-8(10(11,12)13)4-7(9)5-14/h2-4,15H,5-6,14H2,1H3. The van der Waals surface area contributed by atoms with Crippen LogP contribution in [-0.4, -0.2) is 28.2 Å². The van der Waals surface area contributed by atoms with Crippen LogP contribution in [0.2, 0.25) is 0 Å². The van der Waals surface area contributed by atoms with Gasteiger partial charge in [-0.15, -0.1) is 0 Å². The Morgan fingerprint density at radius 1 is 1.19 bits per heavy atom. The number of halogens is 3. The molecule has 0 aliphatic carbocycles. The summed E-state index contributed by atoms with van der Waals surface area (Å²) in [6.45, 7) is -0.347. The van der Waals surface area contributed by atoms with Gasteiger partial charge in [-0.1, -0.05) is 0 Å². The first-order chi connectivity index (χ1) is 9.34. The van der Waals surface area contributed by atoms with Crippen LogP contribution in [0.1, 0.15) is 11.1 Å². The molecule has 0 aliphatic rings. The van der Waals surface area contributed by atoms with Crippen molar-refractivity contribution in [3.05, 3.63) is 29.3 Å². The van der Waals surface area contributed by atoms with Crippen LogP contribution in [0.5, 0.6) is 0 Å². The van der Waals surface area contributed by atoms with E-state index in [-0.39, 0.29) is 17.8 Å². The number of rotatable bonds is 5. The fourth-order valence-corrected chi connectivity index (χ4v) is 4.54. The lowest BCUT2D eigenvalue weighted by atomic mass is 10.1. The van der Waals surface area contributed by atoms with Gasteiger partial charge >= 0.3 is 6.18 Å². The van der Waals surface area contributed by atoms with Gasteiger partial charge < -0.3 is 5.73 Å². The van der Waals surface area contributed by atoms with Crippen molar-refractivity contribution in [1.82, 2.24) is 0 Å². The molecule has 0 fully saturated rings. The zero-order valence-electron chi connectivity index (χ0n) is 10.8. The molecule has 0 atom stereocenters. The van der Waals surface area contributed by atoms with Gasteiger partial charge in [0.25, 0.3) is 0 Å². The highest BCUT2D eigenvalue weighted by Gasteiger charge is 2.31. The van der Waals surface area contributed by atoms with Gasteiger partial charge in [0.15, 0.2) is 14.9 Å². The van der Waals surface area contributed by atoms with Crippen molar-refractivity contribution in [3.63, 3.8) is 0 Å². The largest absolute Gasteiger partial charge is 0.416 e. The molecule has 0 aliphatic heterocycles. The van der Waals surface area contributed by atoms with Crippen LogP contribution >= 0.6 is 0 Å². The van der Waals surface area contributed by atoms with E-state index in [4.69, 9.17) is 5.73 Å². The maximum absolute atomic E-state index is 12.5. The maximum Gasteiger partial charge on any atom is 0.416 e. The van der Waals surface area contributed by atoms with Gasteiger partial charge in [-0.25, -0.2) is 16.8 Å². The van der Waals surface area contributed by atoms with Crippen LogP contribution < -0.4 is 10.5 Å². The molecule has 21 heavy (non-hydrogen) atoms. The van der Waals surface area contributed by atoms with E-state index in [1.54, 1.807) is 0 Å². The molecule has 0 bridgehead atoms. The molecule has 1 rings (SSSR count). The van der Waals surface area contributed by atoms with Crippen LogP contribution in [0.4, 0.5) is 18.9 Å². The van der Waals surface area contributed by atoms with E-state index < -0.39 is 36.7 Å². The highest BCUT2D eigenvalue weighted by atomic mass is 32.3. The van der Waals surface area contributed by atoms with Crippen LogP contribution in [0.25, 0.3) is 0 Å². The van der Waals surface area contributed by atoms with Gasteiger partial charge in [0.2, 0.25) is 10.0 Å². The molecular weight excluding hydrogens is 333 g/mol. The van der Waals surface area contributed by atoms with Gasteiger partial charge in [-0.3, -0.25) is 4.72 Å². The monoisotopic (exact) mass is 346 g/mol. The van der Waals surface area contributed by atoms with Crippen LogP contribution in [0.15, 0.2) is 18.2 Å². The smallest absolute Gasteiger partial charge is 0.326 e. The van der Waals surface area contributed by atoms with Crippen molar-refractivity contribution >= 4 is 25.5 Å². The van der Waals surface area contributed by atoms with E-state index in [1.807, 2.05) is 4.72 Å². The predicted molar refractivity (Wildman–Crippen MR) is 71.6 cm³/mol. The number of nitrogens with two attached hydrogens (primary N) is 1. The van der Waals surface area contributed by atoms with E-state index in [1.165, 1.54) is 0 Å². The molecule has 1 aromatic carbocycles. The molecule has 0 heterocycles. The number of sulfone groups is 1. The zero-order chi connectivity index (χ0) is 16.5. The fourth-order valence-electron chi connectivity index (χ4n) is 1.52. The highest BCUT2D eigenvalue weighted by molar-refractivity contribution is 8.08. The zero-order valence-corrected chi connectivity index (χ0v) is 12.4. The molecule has 3 N–H and O–H groups in total. The summed E-state index contributed by atoms with van der Waals surface area (Å²) in [6.07, 6.45) is -3.86. The molecule has 0 aromatic heterocycles. The van der Waals surface area contributed by atoms with Crippen molar-refractivity contribution in [2.45, 2.75) is 12.7 Å². The number of anilines is 1. The quantitative estimate of drug-likeness (QED) is 0.824. The molecule has 1 aromatic rings. The van der Waals surface area contributed by atoms with Crippen molar-refractivity contribution in [3.8, 4) is 0 Å². The summed E-state index contributed by atoms with van der Waals surface area (Å²) in [6, 6.07) is 2.28. The lowest BCUT2D eigenvalue weighted by molar-refractivity contribution is -0.137. The van der Waals surface area contributed by atoms with Crippen molar-refractivity contribution < 1.29 is 30.0 Å². The second-order valence-corrected chi connectivity index (χ2v) is 8.56. The molecule has 0 saturated heterocycles. The number of benzene rings is 1. The summed E-state index contributed by atoms with van der Waals surface area (Å²) in [5.74, 6) is 0. The second kappa shape index (κ2) is 5.81. The molecular formula is C10H13F3N2O4S2. The Morgan fingerprint density at radius 3 is 2.19 bits per heavy atom. The molecule has 11 heteroatoms. The first-order valence-electron chi connectivity index (χ1n) is 5.42. The molecule has 0 radical (unpaired) electrons. The number of hydrogen-bond acceptors (Lipinski definition) is 5. The molecule has 0 amide bonds. The van der Waals surface area contributed by atoms with Gasteiger partial charge in [0.05, 0.1) is 11.3 Å². The fraction of sp³-hybridized carbons (Fsp3) is 0.400. The van der Waals surface area contributed by atoms with E-state index in [9.17, 15) is 30.0 Å². The third-order valence-electron chi connectivity index (χ3n) is 2.29. The van der Waals surface area contributed by atoms with Gasteiger partial charge in [-0.2, -0.15) is 13.2 Å². The van der Waals surface area contributed by atoms with Crippen molar-refractivity contribution in [2.24, 2.45) is 5.73 Å². The average molecular weight is 346 g/mol. The van der Waals surface area contributed by atoms with Gasteiger partial charge in [0.1, 0.15) is 0 Å². The Kier molecular flexibility index (Phi) is 4.90. The minimum absolute atomic E-state index is 0.0955. The van der Waals surface area contributed by atoms with Crippen LogP contribution in [0.3, 0.4) is 0 Å². The molecule has 6 nitrogen and oxygen atoms in total. The Bertz CT molecular complexity index is 727. The lowest BCUT2D eigenvalue weighted by Crippen LogP contribution is -2.23. The molecule has 0 unspecified atom stereocenters. The predicted octanol–water partition coefficient (Wildman–Crippen LogP) is 0.908. The Labute approximate surface area is 120 Å². The normalized spacial score (nSPS) is 13.2. The summed E-state index contributed by atoms with van der Waals surface area (Å²) in [5, 5.41) is -1.18. The van der Waals surface area contributed by atoms with Gasteiger partial charge in [-0.05, 0) is 23.8 Å². The maximum atomic E-state index is 12.5. The Hall–Kier alpha value is -1.33. The Morgan fingerprint density at radius 2 is 1.76 bits per heavy atom. The Balaban J connectivity index is 3.16. The second-order valence-electron chi connectivity index (χ2n) is 4.33. The average Bonchev–Trinajstić information content (AvgIpc) is 2.23. The van der Waals surface area contributed by atoms with E-state index in [2.05, 4.69) is 0 Å². The first-order valence-corrected chi connectivity index (χ1v) is 9.14. The summed E-state index contributed by atoms with van der Waals surface area (Å²) in [7, 11) is -8.06. The van der Waals surface area contributed by atoms with Gasteiger partial charge in [0, 0.05) is 12.8 Å². The molecule has 0 saturated carbocycles. The third-order valence-corrected chi connectivity index (χ3v) is 5.77. The molecule has 0 spiro atoms. The molecule has 120 valence electrons.